The fraction of sp³-hybridized carbons (Fsp3) is 0.407. The molecule has 1 amide bonds. The van der Waals surface area contributed by atoms with Crippen LogP contribution in [0.3, 0.4) is 0 Å². The summed E-state index contributed by atoms with van der Waals surface area (Å²) in [5.74, 6) is 0.738. The number of aryl methyl sites for hydroxylation is 1. The lowest BCUT2D eigenvalue weighted by molar-refractivity contribution is 0.0786. The summed E-state index contributed by atoms with van der Waals surface area (Å²) >= 11 is 0. The molecular formula is C27H30N6O. The molecule has 7 nitrogen and oxygen atoms in total. The van der Waals surface area contributed by atoms with Crippen molar-refractivity contribution in [3.8, 4) is 6.07 Å². The number of nitrogens with zero attached hydrogens (tertiary/aromatic N) is 4. The van der Waals surface area contributed by atoms with Crippen LogP contribution in [0, 0.1) is 30.6 Å². The molecule has 2 aromatic carbocycles. The summed E-state index contributed by atoms with van der Waals surface area (Å²) in [7, 11) is 1.85. The van der Waals surface area contributed by atoms with Crippen LogP contribution in [-0.4, -0.2) is 41.1 Å². The molecule has 0 radical (unpaired) electrons. The summed E-state index contributed by atoms with van der Waals surface area (Å²) < 4.78 is 0. The minimum absolute atomic E-state index is 0.0767. The number of hydrogen-bond acceptors (Lipinski definition) is 6. The van der Waals surface area contributed by atoms with Crippen molar-refractivity contribution in [1.29, 1.82) is 5.26 Å². The lowest BCUT2D eigenvalue weighted by Crippen LogP contribution is -2.29. The standard InChI is InChI=1S/C27H30N6O/c1-16-19(14-28)6-5-7-20(16)17(2)30-25-22-13-24(29-4)23(12-21(22)18(3)31-32-25)26(34)33-11-10-27(15-33)8-9-27/h5-7,12-13,17,29H,8-11,15H2,1-4H3,(H,30,32). The maximum Gasteiger partial charge on any atom is 0.255 e. The van der Waals surface area contributed by atoms with Crippen LogP contribution in [0.5, 0.6) is 0 Å². The highest BCUT2D eigenvalue weighted by Crippen LogP contribution is 2.53. The number of amides is 1. The minimum Gasteiger partial charge on any atom is -0.387 e. The fourth-order valence-electron chi connectivity index (χ4n) is 5.21. The molecule has 1 atom stereocenters. The Morgan fingerprint density at radius 1 is 1.18 bits per heavy atom. The lowest BCUT2D eigenvalue weighted by Gasteiger charge is -2.21. The van der Waals surface area contributed by atoms with Crippen molar-refractivity contribution in [3.05, 3.63) is 58.3 Å². The van der Waals surface area contributed by atoms with Gasteiger partial charge in [-0.25, -0.2) is 0 Å². The Labute approximate surface area is 200 Å². The number of hydrogen-bond donors (Lipinski definition) is 2. The topological polar surface area (TPSA) is 93.9 Å². The van der Waals surface area contributed by atoms with Gasteiger partial charge < -0.3 is 15.5 Å². The monoisotopic (exact) mass is 454 g/mol. The molecule has 1 saturated heterocycles. The van der Waals surface area contributed by atoms with Crippen molar-refractivity contribution in [2.75, 3.05) is 30.8 Å². The van der Waals surface area contributed by atoms with E-state index in [1.807, 2.05) is 56.1 Å². The highest BCUT2D eigenvalue weighted by atomic mass is 16.2. The van der Waals surface area contributed by atoms with Gasteiger partial charge >= 0.3 is 0 Å². The summed E-state index contributed by atoms with van der Waals surface area (Å²) in [6.07, 6.45) is 3.60. The van der Waals surface area contributed by atoms with E-state index in [0.29, 0.717) is 22.4 Å². The van der Waals surface area contributed by atoms with E-state index in [2.05, 4.69) is 33.8 Å². The van der Waals surface area contributed by atoms with E-state index in [1.165, 1.54) is 12.8 Å². The zero-order valence-corrected chi connectivity index (χ0v) is 20.2. The van der Waals surface area contributed by atoms with Crippen LogP contribution >= 0.6 is 0 Å². The SMILES string of the molecule is CNc1cc2c(NC(C)c3cccc(C#N)c3C)nnc(C)c2cc1C(=O)N1CCC2(CC2)C1. The molecular weight excluding hydrogens is 424 g/mol. The number of aromatic nitrogens is 2. The number of nitrogens with one attached hydrogen (secondary N) is 2. The molecule has 5 rings (SSSR count). The van der Waals surface area contributed by atoms with Crippen LogP contribution in [0.2, 0.25) is 0 Å². The zero-order chi connectivity index (χ0) is 24.0. The molecule has 1 aliphatic carbocycles. The second-order valence-electron chi connectivity index (χ2n) is 9.80. The molecule has 1 aromatic heterocycles. The third-order valence-corrected chi connectivity index (χ3v) is 7.60. The Hall–Kier alpha value is -3.66. The highest BCUT2D eigenvalue weighted by molar-refractivity contribution is 6.07. The molecule has 1 spiro atoms. The van der Waals surface area contributed by atoms with E-state index in [4.69, 9.17) is 0 Å². The van der Waals surface area contributed by atoms with Gasteiger partial charge in [0.15, 0.2) is 5.82 Å². The largest absolute Gasteiger partial charge is 0.387 e. The first-order valence-corrected chi connectivity index (χ1v) is 11.9. The normalized spacial score (nSPS) is 17.0. The zero-order valence-electron chi connectivity index (χ0n) is 20.2. The summed E-state index contributed by atoms with van der Waals surface area (Å²) in [5, 5.41) is 26.8. The van der Waals surface area contributed by atoms with Gasteiger partial charge in [-0.2, -0.15) is 10.4 Å². The predicted molar refractivity (Wildman–Crippen MR) is 134 cm³/mol. The second-order valence-corrected chi connectivity index (χ2v) is 9.80. The van der Waals surface area contributed by atoms with E-state index in [0.717, 1.165) is 52.8 Å². The number of carbonyl (C=O) groups excluding carboxylic acids is 1. The van der Waals surface area contributed by atoms with Crippen LogP contribution in [0.4, 0.5) is 11.5 Å². The summed E-state index contributed by atoms with van der Waals surface area (Å²) in [6, 6.07) is 11.9. The van der Waals surface area contributed by atoms with E-state index >= 15 is 0 Å². The third kappa shape index (κ3) is 3.73. The number of carbonyl (C=O) groups is 1. The molecule has 174 valence electrons. The molecule has 3 aromatic rings. The van der Waals surface area contributed by atoms with Crippen LogP contribution in [0.1, 0.15) is 65.0 Å². The maximum absolute atomic E-state index is 13.5. The Bertz CT molecular complexity index is 1340. The molecule has 0 bridgehead atoms. The number of anilines is 2. The van der Waals surface area contributed by atoms with Gasteiger partial charge in [-0.05, 0) is 74.8 Å². The van der Waals surface area contributed by atoms with E-state index < -0.39 is 0 Å². The van der Waals surface area contributed by atoms with Crippen molar-refractivity contribution in [1.82, 2.24) is 15.1 Å². The lowest BCUT2D eigenvalue weighted by atomic mass is 9.98. The van der Waals surface area contributed by atoms with Crippen molar-refractivity contribution in [3.63, 3.8) is 0 Å². The van der Waals surface area contributed by atoms with Gasteiger partial charge in [0.2, 0.25) is 0 Å². The quantitative estimate of drug-likeness (QED) is 0.566. The number of rotatable bonds is 5. The average Bonchev–Trinajstić information content (AvgIpc) is 3.47. The van der Waals surface area contributed by atoms with E-state index in [9.17, 15) is 10.1 Å². The first-order chi connectivity index (χ1) is 16.4. The van der Waals surface area contributed by atoms with E-state index in [-0.39, 0.29) is 11.9 Å². The Kier molecular flexibility index (Phi) is 5.40. The van der Waals surface area contributed by atoms with Gasteiger partial charge in [0.25, 0.3) is 5.91 Å². The summed E-state index contributed by atoms with van der Waals surface area (Å²) in [5.41, 5.74) is 5.31. The smallest absolute Gasteiger partial charge is 0.255 e. The number of nitriles is 1. The van der Waals surface area contributed by atoms with Crippen LogP contribution < -0.4 is 10.6 Å². The Balaban J connectivity index is 1.51. The Morgan fingerprint density at radius 2 is 1.97 bits per heavy atom. The number of likely N-dealkylation sites (tertiary alicyclic amines) is 1. The Morgan fingerprint density at radius 3 is 2.65 bits per heavy atom. The van der Waals surface area contributed by atoms with Crippen LogP contribution in [0.25, 0.3) is 10.8 Å². The van der Waals surface area contributed by atoms with Gasteiger partial charge in [0, 0.05) is 36.6 Å². The molecule has 2 fully saturated rings. The minimum atomic E-state index is -0.0767. The van der Waals surface area contributed by atoms with Crippen LogP contribution in [-0.2, 0) is 0 Å². The van der Waals surface area contributed by atoms with Gasteiger partial charge in [-0.15, -0.1) is 5.10 Å². The van der Waals surface area contributed by atoms with Crippen molar-refractivity contribution >= 4 is 28.2 Å². The molecule has 2 aliphatic rings. The summed E-state index contributed by atoms with van der Waals surface area (Å²) in [4.78, 5) is 15.5. The fourth-order valence-corrected chi connectivity index (χ4v) is 5.21. The first-order valence-electron chi connectivity index (χ1n) is 11.9. The highest BCUT2D eigenvalue weighted by Gasteiger charge is 2.49. The van der Waals surface area contributed by atoms with Gasteiger partial charge in [0.05, 0.1) is 28.9 Å². The molecule has 34 heavy (non-hydrogen) atoms. The van der Waals surface area contributed by atoms with Gasteiger partial charge in [-0.3, -0.25) is 4.79 Å². The predicted octanol–water partition coefficient (Wildman–Crippen LogP) is 4.96. The summed E-state index contributed by atoms with van der Waals surface area (Å²) in [6.45, 7) is 7.64. The first kappa shape index (κ1) is 22.1. The van der Waals surface area contributed by atoms with Crippen molar-refractivity contribution in [2.45, 2.75) is 46.1 Å². The molecule has 1 unspecified atom stereocenters. The molecule has 7 heteroatoms. The maximum atomic E-state index is 13.5. The van der Waals surface area contributed by atoms with Gasteiger partial charge in [0.1, 0.15) is 0 Å². The molecule has 1 aliphatic heterocycles. The van der Waals surface area contributed by atoms with Gasteiger partial charge in [-0.1, -0.05) is 12.1 Å². The number of benzene rings is 2. The molecule has 2 heterocycles. The van der Waals surface area contributed by atoms with Crippen molar-refractivity contribution < 1.29 is 4.79 Å². The molecule has 2 N–H and O–H groups in total. The second kappa shape index (κ2) is 8.28. The number of fused-ring (bicyclic) bond motifs is 1. The third-order valence-electron chi connectivity index (χ3n) is 7.60. The average molecular weight is 455 g/mol. The van der Waals surface area contributed by atoms with Crippen LogP contribution in [0.15, 0.2) is 30.3 Å². The van der Waals surface area contributed by atoms with E-state index in [1.54, 1.807) is 0 Å². The molecule has 1 saturated carbocycles. The van der Waals surface area contributed by atoms with Crippen molar-refractivity contribution in [2.24, 2.45) is 5.41 Å².